The molecule has 3 N–H and O–H groups in total. The topological polar surface area (TPSA) is 98.7 Å². The molecule has 0 aromatic heterocycles. The molecule has 1 aliphatic rings. The van der Waals surface area contributed by atoms with Gasteiger partial charge in [-0.3, -0.25) is 10.0 Å². The van der Waals surface area contributed by atoms with Crippen LogP contribution in [0.4, 0.5) is 4.39 Å². The lowest BCUT2D eigenvalue weighted by Gasteiger charge is -2.27. The van der Waals surface area contributed by atoms with E-state index in [1.54, 1.807) is 18.2 Å². The number of nitrogens with zero attached hydrogens (tertiary/aromatic N) is 1. The first-order chi connectivity index (χ1) is 11.9. The summed E-state index contributed by atoms with van der Waals surface area (Å²) in [6, 6.07) is 4.86. The highest BCUT2D eigenvalue weighted by Crippen LogP contribution is 2.23. The maximum atomic E-state index is 13.0. The Hall–Kier alpha value is -2.07. The van der Waals surface area contributed by atoms with Crippen LogP contribution in [-0.4, -0.2) is 43.0 Å². The lowest BCUT2D eigenvalue weighted by molar-refractivity contribution is -0.130. The van der Waals surface area contributed by atoms with E-state index in [0.717, 1.165) is 11.1 Å². The summed E-state index contributed by atoms with van der Waals surface area (Å²) in [5, 5.41) is 8.70. The average molecular weight is 369 g/mol. The molecule has 0 saturated carbocycles. The molecule has 1 unspecified atom stereocenters. The predicted octanol–water partition coefficient (Wildman–Crippen LogP) is 1.20. The van der Waals surface area contributed by atoms with Crippen LogP contribution in [0.3, 0.4) is 0 Å². The molecule has 1 atom stereocenters. The third-order valence-electron chi connectivity index (χ3n) is 3.85. The van der Waals surface area contributed by atoms with Crippen molar-refractivity contribution in [2.45, 2.75) is 18.9 Å². The zero-order chi connectivity index (χ0) is 18.4. The number of hydrogen-bond donors (Lipinski definition) is 3. The van der Waals surface area contributed by atoms with E-state index in [0.29, 0.717) is 6.42 Å². The van der Waals surface area contributed by atoms with Crippen LogP contribution in [0.5, 0.6) is 0 Å². The monoisotopic (exact) mass is 369 g/mol. The zero-order valence-corrected chi connectivity index (χ0v) is 14.3. The van der Waals surface area contributed by atoms with Gasteiger partial charge in [-0.2, -0.15) is 17.4 Å². The van der Waals surface area contributed by atoms with Crippen LogP contribution in [0, 0.1) is 5.82 Å². The van der Waals surface area contributed by atoms with Crippen LogP contribution >= 0.6 is 0 Å². The van der Waals surface area contributed by atoms with E-state index in [2.05, 4.69) is 11.3 Å². The van der Waals surface area contributed by atoms with Crippen molar-refractivity contribution in [2.75, 3.05) is 13.1 Å². The molecule has 0 bridgehead atoms. The standard InChI is InChI=1S/C16H20FN3O4S/c1-2-3-15(16(21)18-22)19-25(23,24)20-10-8-13(9-11-20)12-4-6-14(17)7-5-12/h2,4-8,15,19,22H,1,3,9-11H2,(H,18,21). The second-order valence-electron chi connectivity index (χ2n) is 5.52. The van der Waals surface area contributed by atoms with E-state index < -0.39 is 22.2 Å². The minimum absolute atomic E-state index is 0.0378. The van der Waals surface area contributed by atoms with Gasteiger partial charge in [0.25, 0.3) is 16.1 Å². The quantitative estimate of drug-likeness (QED) is 0.382. The van der Waals surface area contributed by atoms with Gasteiger partial charge >= 0.3 is 0 Å². The number of halogens is 1. The van der Waals surface area contributed by atoms with Gasteiger partial charge in [0.1, 0.15) is 11.9 Å². The van der Waals surface area contributed by atoms with Gasteiger partial charge in [-0.15, -0.1) is 6.58 Å². The molecule has 136 valence electrons. The summed E-state index contributed by atoms with van der Waals surface area (Å²) in [7, 11) is -3.91. The van der Waals surface area contributed by atoms with Crippen molar-refractivity contribution in [1.29, 1.82) is 0 Å². The first-order valence-corrected chi connectivity index (χ1v) is 9.08. The third kappa shape index (κ3) is 4.95. The number of rotatable bonds is 7. The number of benzene rings is 1. The predicted molar refractivity (Wildman–Crippen MR) is 91.2 cm³/mol. The van der Waals surface area contributed by atoms with Gasteiger partial charge in [-0.05, 0) is 36.1 Å². The zero-order valence-electron chi connectivity index (χ0n) is 13.5. The fourth-order valence-corrected chi connectivity index (χ4v) is 3.82. The van der Waals surface area contributed by atoms with Crippen LogP contribution in [0.2, 0.25) is 0 Å². The Balaban J connectivity index is 2.08. The summed E-state index contributed by atoms with van der Waals surface area (Å²) in [6.45, 7) is 3.81. The molecule has 0 saturated heterocycles. The van der Waals surface area contributed by atoms with Crippen molar-refractivity contribution in [3.05, 3.63) is 54.4 Å². The molecule has 9 heteroatoms. The molecule has 1 aromatic carbocycles. The van der Waals surface area contributed by atoms with Gasteiger partial charge in [0.05, 0.1) is 0 Å². The molecule has 1 amide bonds. The van der Waals surface area contributed by atoms with Gasteiger partial charge in [0.2, 0.25) is 0 Å². The van der Waals surface area contributed by atoms with Crippen LogP contribution in [-0.2, 0) is 15.0 Å². The van der Waals surface area contributed by atoms with E-state index in [-0.39, 0.29) is 25.3 Å². The third-order valence-corrected chi connectivity index (χ3v) is 5.44. The van der Waals surface area contributed by atoms with Crippen molar-refractivity contribution in [2.24, 2.45) is 0 Å². The van der Waals surface area contributed by atoms with Crippen LogP contribution in [0.15, 0.2) is 43.0 Å². The first-order valence-electron chi connectivity index (χ1n) is 7.64. The van der Waals surface area contributed by atoms with Gasteiger partial charge in [0.15, 0.2) is 0 Å². The number of carbonyl (C=O) groups excluding carboxylic acids is 1. The number of carbonyl (C=O) groups is 1. The van der Waals surface area contributed by atoms with Crippen molar-refractivity contribution < 1.29 is 22.8 Å². The molecular weight excluding hydrogens is 349 g/mol. The minimum atomic E-state index is -3.91. The molecule has 7 nitrogen and oxygen atoms in total. The summed E-state index contributed by atoms with van der Waals surface area (Å²) in [5.74, 6) is -1.19. The van der Waals surface area contributed by atoms with Crippen LogP contribution in [0.25, 0.3) is 5.57 Å². The Morgan fingerprint density at radius 1 is 1.40 bits per heavy atom. The van der Waals surface area contributed by atoms with Gasteiger partial charge in [-0.1, -0.05) is 24.3 Å². The Morgan fingerprint density at radius 3 is 2.60 bits per heavy atom. The van der Waals surface area contributed by atoms with Gasteiger partial charge in [-0.25, -0.2) is 9.87 Å². The van der Waals surface area contributed by atoms with Crippen molar-refractivity contribution in [1.82, 2.24) is 14.5 Å². The summed E-state index contributed by atoms with van der Waals surface area (Å²) < 4.78 is 41.3. The van der Waals surface area contributed by atoms with Crippen molar-refractivity contribution in [3.8, 4) is 0 Å². The fraction of sp³-hybridized carbons (Fsp3) is 0.312. The van der Waals surface area contributed by atoms with Crippen molar-refractivity contribution in [3.63, 3.8) is 0 Å². The smallest absolute Gasteiger partial charge is 0.280 e. The molecule has 0 radical (unpaired) electrons. The maximum absolute atomic E-state index is 13.0. The largest absolute Gasteiger partial charge is 0.289 e. The average Bonchev–Trinajstić information content (AvgIpc) is 2.61. The van der Waals surface area contributed by atoms with E-state index in [1.165, 1.54) is 28.0 Å². The fourth-order valence-electron chi connectivity index (χ4n) is 2.50. The number of hydrogen-bond acceptors (Lipinski definition) is 4. The van der Waals surface area contributed by atoms with E-state index in [9.17, 15) is 17.6 Å². The van der Waals surface area contributed by atoms with Crippen LogP contribution < -0.4 is 10.2 Å². The molecule has 25 heavy (non-hydrogen) atoms. The van der Waals surface area contributed by atoms with Crippen LogP contribution in [0.1, 0.15) is 18.4 Å². The molecule has 1 heterocycles. The molecule has 0 fully saturated rings. The Morgan fingerprint density at radius 2 is 2.08 bits per heavy atom. The highest BCUT2D eigenvalue weighted by Gasteiger charge is 2.29. The molecule has 1 aliphatic heterocycles. The van der Waals surface area contributed by atoms with E-state index in [4.69, 9.17) is 5.21 Å². The number of hydroxylamine groups is 1. The van der Waals surface area contributed by atoms with E-state index in [1.807, 2.05) is 0 Å². The molecule has 0 spiro atoms. The molecular formula is C16H20FN3O4S. The minimum Gasteiger partial charge on any atom is -0.289 e. The Bertz CT molecular complexity index is 762. The molecule has 0 aliphatic carbocycles. The Labute approximate surface area is 146 Å². The lowest BCUT2D eigenvalue weighted by Crippen LogP contribution is -2.51. The first kappa shape index (κ1) is 19.3. The maximum Gasteiger partial charge on any atom is 0.280 e. The van der Waals surface area contributed by atoms with Gasteiger partial charge < -0.3 is 0 Å². The van der Waals surface area contributed by atoms with Gasteiger partial charge in [0, 0.05) is 13.1 Å². The summed E-state index contributed by atoms with van der Waals surface area (Å²) in [6.07, 6.45) is 3.64. The lowest BCUT2D eigenvalue weighted by atomic mass is 10.0. The Kier molecular flexibility index (Phi) is 6.43. The summed E-state index contributed by atoms with van der Waals surface area (Å²) in [4.78, 5) is 11.5. The second-order valence-corrected chi connectivity index (χ2v) is 7.22. The molecule has 2 rings (SSSR count). The summed E-state index contributed by atoms with van der Waals surface area (Å²) >= 11 is 0. The van der Waals surface area contributed by atoms with Crippen molar-refractivity contribution >= 4 is 21.7 Å². The highest BCUT2D eigenvalue weighted by molar-refractivity contribution is 7.87. The van der Waals surface area contributed by atoms with E-state index >= 15 is 0 Å². The molecule has 1 aromatic rings. The number of amides is 1. The second kappa shape index (κ2) is 8.34. The normalized spacial score (nSPS) is 16.8. The SMILES string of the molecule is C=CCC(NS(=O)(=O)N1CC=C(c2ccc(F)cc2)CC1)C(=O)NO. The number of nitrogens with one attached hydrogen (secondary N) is 2. The highest BCUT2D eigenvalue weighted by atomic mass is 32.2. The summed E-state index contributed by atoms with van der Waals surface area (Å²) in [5.41, 5.74) is 3.21.